The summed E-state index contributed by atoms with van der Waals surface area (Å²) in [4.78, 5) is 2.39. The molecule has 0 saturated carbocycles. The first-order valence-electron chi connectivity index (χ1n) is 8.57. The van der Waals surface area contributed by atoms with Gasteiger partial charge in [0, 0.05) is 46.3 Å². The van der Waals surface area contributed by atoms with Crippen molar-refractivity contribution in [3.63, 3.8) is 0 Å². The summed E-state index contributed by atoms with van der Waals surface area (Å²) in [6, 6.07) is 6.11. The lowest BCUT2D eigenvalue weighted by molar-refractivity contribution is 0.125. The molecule has 4 heterocycles. The molecule has 3 fully saturated rings. The topological polar surface area (TPSA) is 82.8 Å². The normalized spacial score (nSPS) is 25.7. The molecule has 0 unspecified atom stereocenters. The van der Waals surface area contributed by atoms with E-state index in [9.17, 15) is 8.42 Å². The maximum absolute atomic E-state index is 12.6. The number of rotatable bonds is 4. The van der Waals surface area contributed by atoms with Gasteiger partial charge in [0.25, 0.3) is 10.2 Å². The molecular formula is C16H23N5O3S. The monoisotopic (exact) mass is 365 g/mol. The molecule has 3 saturated heterocycles. The van der Waals surface area contributed by atoms with Crippen molar-refractivity contribution in [2.45, 2.75) is 25.4 Å². The summed E-state index contributed by atoms with van der Waals surface area (Å²) in [7, 11) is -0.178. The number of nitrogens with zero attached hydrogens (tertiary/aromatic N) is 5. The highest BCUT2D eigenvalue weighted by molar-refractivity contribution is 7.86. The molecule has 1 aromatic heterocycles. The van der Waals surface area contributed by atoms with Crippen LogP contribution in [0.1, 0.15) is 18.4 Å². The van der Waals surface area contributed by atoms with Crippen molar-refractivity contribution in [1.82, 2.24) is 23.8 Å². The largest absolute Gasteiger partial charge is 0.294 e. The Morgan fingerprint density at radius 3 is 2.84 bits per heavy atom. The van der Waals surface area contributed by atoms with Gasteiger partial charge < -0.3 is 0 Å². The Labute approximate surface area is 147 Å². The van der Waals surface area contributed by atoms with Gasteiger partial charge in [-0.25, -0.2) is 4.63 Å². The summed E-state index contributed by atoms with van der Waals surface area (Å²) >= 11 is 0. The Morgan fingerprint density at radius 2 is 2.04 bits per heavy atom. The SMILES string of the molecule is CN(C)S(=O)(=O)N1C[C@H]2CC[C@@H](C1)N(Cc1cccc3nonc13)C2. The summed E-state index contributed by atoms with van der Waals surface area (Å²) in [5.41, 5.74) is 2.63. The van der Waals surface area contributed by atoms with E-state index >= 15 is 0 Å². The van der Waals surface area contributed by atoms with Crippen LogP contribution in [0.25, 0.3) is 11.0 Å². The van der Waals surface area contributed by atoms with Gasteiger partial charge in [-0.2, -0.15) is 17.0 Å². The van der Waals surface area contributed by atoms with Crippen LogP contribution in [0.3, 0.4) is 0 Å². The van der Waals surface area contributed by atoms with Crippen LogP contribution in [0, 0.1) is 5.92 Å². The Morgan fingerprint density at radius 1 is 1.20 bits per heavy atom. The zero-order chi connectivity index (χ0) is 17.6. The average Bonchev–Trinajstić information content (AvgIpc) is 2.87. The molecule has 0 N–H and O–H groups in total. The van der Waals surface area contributed by atoms with Gasteiger partial charge in [-0.05, 0) is 40.7 Å². The fourth-order valence-electron chi connectivity index (χ4n) is 3.96. The average molecular weight is 365 g/mol. The van der Waals surface area contributed by atoms with Gasteiger partial charge in [-0.1, -0.05) is 12.1 Å². The second-order valence-electron chi connectivity index (χ2n) is 7.18. The van der Waals surface area contributed by atoms with E-state index in [0.29, 0.717) is 19.0 Å². The number of hydrogen-bond acceptors (Lipinski definition) is 6. The molecule has 3 aliphatic rings. The van der Waals surface area contributed by atoms with Gasteiger partial charge in [0.15, 0.2) is 0 Å². The molecule has 0 radical (unpaired) electrons. The highest BCUT2D eigenvalue weighted by atomic mass is 32.2. The lowest BCUT2D eigenvalue weighted by atomic mass is 9.94. The molecule has 3 aliphatic heterocycles. The zero-order valence-electron chi connectivity index (χ0n) is 14.5. The van der Waals surface area contributed by atoms with E-state index < -0.39 is 10.2 Å². The Bertz CT molecular complexity index is 866. The summed E-state index contributed by atoms with van der Waals surface area (Å²) in [5, 5.41) is 7.93. The first-order valence-corrected chi connectivity index (χ1v) is 9.96. The van der Waals surface area contributed by atoms with Gasteiger partial charge in [0.1, 0.15) is 11.0 Å². The molecule has 25 heavy (non-hydrogen) atoms. The molecule has 2 bridgehead atoms. The van der Waals surface area contributed by atoms with Crippen molar-refractivity contribution in [3.8, 4) is 0 Å². The first-order chi connectivity index (χ1) is 11.9. The van der Waals surface area contributed by atoms with Crippen molar-refractivity contribution in [2.24, 2.45) is 5.92 Å². The van der Waals surface area contributed by atoms with E-state index in [0.717, 1.165) is 42.5 Å². The molecule has 0 amide bonds. The zero-order valence-corrected chi connectivity index (χ0v) is 15.3. The third-order valence-electron chi connectivity index (χ3n) is 5.32. The lowest BCUT2D eigenvalue weighted by Gasteiger charge is -2.36. The number of benzene rings is 1. The number of aromatic nitrogens is 2. The van der Waals surface area contributed by atoms with Crippen LogP contribution in [0.15, 0.2) is 22.8 Å². The number of hydrogen-bond donors (Lipinski definition) is 0. The summed E-state index contributed by atoms with van der Waals surface area (Å²) in [6.07, 6.45) is 2.10. The first kappa shape index (κ1) is 16.9. The second-order valence-corrected chi connectivity index (χ2v) is 9.33. The Balaban J connectivity index is 1.58. The van der Waals surface area contributed by atoms with Crippen LogP contribution in [-0.4, -0.2) is 72.0 Å². The van der Waals surface area contributed by atoms with Crippen molar-refractivity contribution in [2.75, 3.05) is 33.7 Å². The van der Waals surface area contributed by atoms with E-state index in [1.165, 1.54) is 4.31 Å². The van der Waals surface area contributed by atoms with E-state index in [1.54, 1.807) is 18.4 Å². The standard InChI is InChI=1S/C16H23N5O3S/c1-19(2)25(22,23)21-9-12-6-7-14(11-21)20(8-12)10-13-4-3-5-15-16(13)18-24-17-15/h3-5,12,14H,6-11H2,1-2H3/t12-,14-/m0/s1. The van der Waals surface area contributed by atoms with Crippen molar-refractivity contribution in [1.29, 1.82) is 0 Å². The van der Waals surface area contributed by atoms with Crippen LogP contribution in [0.4, 0.5) is 0 Å². The molecule has 0 aliphatic carbocycles. The minimum Gasteiger partial charge on any atom is -0.294 e. The summed E-state index contributed by atoms with van der Waals surface area (Å²) < 4.78 is 32.9. The van der Waals surface area contributed by atoms with Gasteiger partial charge in [0.2, 0.25) is 0 Å². The minimum atomic E-state index is -3.37. The molecule has 0 spiro atoms. The molecule has 2 atom stereocenters. The Hall–Kier alpha value is -1.55. The summed E-state index contributed by atoms with van der Waals surface area (Å²) in [6.45, 7) is 2.79. The highest BCUT2D eigenvalue weighted by Gasteiger charge is 2.39. The molecule has 8 nitrogen and oxygen atoms in total. The predicted molar refractivity (Wildman–Crippen MR) is 92.9 cm³/mol. The van der Waals surface area contributed by atoms with Crippen LogP contribution in [-0.2, 0) is 16.8 Å². The molecule has 1 aromatic carbocycles. The predicted octanol–water partition coefficient (Wildman–Crippen LogP) is 0.925. The quantitative estimate of drug-likeness (QED) is 0.801. The molecular weight excluding hydrogens is 342 g/mol. The van der Waals surface area contributed by atoms with E-state index in [2.05, 4.69) is 15.2 Å². The second kappa shape index (κ2) is 6.31. The van der Waals surface area contributed by atoms with Crippen LogP contribution in [0.2, 0.25) is 0 Å². The van der Waals surface area contributed by atoms with Gasteiger partial charge in [0.05, 0.1) is 0 Å². The van der Waals surface area contributed by atoms with Crippen molar-refractivity contribution >= 4 is 21.2 Å². The number of piperidine rings is 1. The molecule has 9 heteroatoms. The molecule has 136 valence electrons. The fraction of sp³-hybridized carbons (Fsp3) is 0.625. The van der Waals surface area contributed by atoms with Crippen LogP contribution < -0.4 is 0 Å². The van der Waals surface area contributed by atoms with E-state index in [-0.39, 0.29) is 6.04 Å². The molecule has 2 aromatic rings. The Kier molecular flexibility index (Phi) is 4.27. The van der Waals surface area contributed by atoms with E-state index in [4.69, 9.17) is 4.63 Å². The fourth-order valence-corrected chi connectivity index (χ4v) is 5.18. The van der Waals surface area contributed by atoms with E-state index in [1.807, 2.05) is 18.2 Å². The maximum Gasteiger partial charge on any atom is 0.281 e. The minimum absolute atomic E-state index is 0.226. The van der Waals surface area contributed by atoms with Crippen LogP contribution >= 0.6 is 0 Å². The lowest BCUT2D eigenvalue weighted by Crippen LogP contribution is -2.45. The summed E-state index contributed by atoms with van der Waals surface area (Å²) in [5.74, 6) is 0.364. The van der Waals surface area contributed by atoms with Crippen LogP contribution in [0.5, 0.6) is 0 Å². The smallest absolute Gasteiger partial charge is 0.281 e. The molecule has 5 rings (SSSR count). The van der Waals surface area contributed by atoms with Gasteiger partial charge in [-0.15, -0.1) is 0 Å². The van der Waals surface area contributed by atoms with Gasteiger partial charge in [-0.3, -0.25) is 4.90 Å². The highest BCUT2D eigenvalue weighted by Crippen LogP contribution is 2.31. The number of fused-ring (bicyclic) bond motifs is 5. The van der Waals surface area contributed by atoms with Crippen molar-refractivity contribution < 1.29 is 13.0 Å². The maximum atomic E-state index is 12.6. The third kappa shape index (κ3) is 3.05. The van der Waals surface area contributed by atoms with Crippen molar-refractivity contribution in [3.05, 3.63) is 23.8 Å². The third-order valence-corrected chi connectivity index (χ3v) is 7.20. The van der Waals surface area contributed by atoms with Gasteiger partial charge >= 0.3 is 0 Å².